The Labute approximate surface area is 167 Å². The summed E-state index contributed by atoms with van der Waals surface area (Å²) in [6, 6.07) is 5.49. The molecule has 3 aromatic heterocycles. The Morgan fingerprint density at radius 2 is 2.11 bits per heavy atom. The summed E-state index contributed by atoms with van der Waals surface area (Å²) < 4.78 is 0. The minimum atomic E-state index is -0.196. The van der Waals surface area contributed by atoms with Gasteiger partial charge in [0.1, 0.15) is 11.5 Å². The minimum absolute atomic E-state index is 0.177. The Hall–Kier alpha value is -2.51. The third-order valence-corrected chi connectivity index (χ3v) is 4.86. The topological polar surface area (TPSA) is 79.8 Å². The van der Waals surface area contributed by atoms with E-state index in [1.807, 2.05) is 25.1 Å². The third kappa shape index (κ3) is 5.02. The van der Waals surface area contributed by atoms with Gasteiger partial charge in [0.25, 0.3) is 5.91 Å². The number of aromatic nitrogens is 3. The maximum absolute atomic E-state index is 12.3. The molecule has 0 radical (unpaired) electrons. The Morgan fingerprint density at radius 1 is 1.26 bits per heavy atom. The molecule has 0 fully saturated rings. The summed E-state index contributed by atoms with van der Waals surface area (Å²) in [5.41, 5.74) is 4.67. The second kappa shape index (κ2) is 8.92. The van der Waals surface area contributed by atoms with Gasteiger partial charge in [-0.2, -0.15) is 0 Å². The second-order valence-electron chi connectivity index (χ2n) is 6.10. The van der Waals surface area contributed by atoms with E-state index < -0.39 is 0 Å². The summed E-state index contributed by atoms with van der Waals surface area (Å²) in [5.74, 6) is 0.353. The van der Waals surface area contributed by atoms with Crippen LogP contribution in [0.15, 0.2) is 41.5 Å². The molecule has 3 aromatic rings. The molecule has 3 heterocycles. The van der Waals surface area contributed by atoms with Crippen molar-refractivity contribution in [2.24, 2.45) is 0 Å². The molecule has 0 saturated heterocycles. The molecule has 8 heteroatoms. The van der Waals surface area contributed by atoms with E-state index in [1.165, 1.54) is 11.3 Å². The highest BCUT2D eigenvalue weighted by atomic mass is 35.5. The van der Waals surface area contributed by atoms with Crippen LogP contribution in [0.5, 0.6) is 0 Å². The van der Waals surface area contributed by atoms with Crippen molar-refractivity contribution in [3.05, 3.63) is 63.5 Å². The molecule has 6 nitrogen and oxygen atoms in total. The summed E-state index contributed by atoms with van der Waals surface area (Å²) in [7, 11) is 0. The van der Waals surface area contributed by atoms with Crippen LogP contribution >= 0.6 is 22.9 Å². The van der Waals surface area contributed by atoms with E-state index in [-0.39, 0.29) is 11.9 Å². The van der Waals surface area contributed by atoms with Crippen LogP contribution < -0.4 is 10.6 Å². The highest BCUT2D eigenvalue weighted by Gasteiger charge is 2.18. The number of rotatable bonds is 7. The molecule has 0 aliphatic rings. The Balaban J connectivity index is 1.76. The summed E-state index contributed by atoms with van der Waals surface area (Å²) in [6.45, 7) is 3.99. The maximum atomic E-state index is 12.3. The zero-order valence-electron chi connectivity index (χ0n) is 15.1. The van der Waals surface area contributed by atoms with Gasteiger partial charge in [0.2, 0.25) is 0 Å². The fraction of sp³-hybridized carbons (Fsp3) is 0.263. The predicted octanol–water partition coefficient (Wildman–Crippen LogP) is 4.91. The first kappa shape index (κ1) is 19.3. The number of halogens is 1. The fourth-order valence-corrected chi connectivity index (χ4v) is 3.34. The monoisotopic (exact) mass is 401 g/mol. The predicted molar refractivity (Wildman–Crippen MR) is 109 cm³/mol. The van der Waals surface area contributed by atoms with Crippen LogP contribution in [0.2, 0.25) is 5.02 Å². The molecule has 140 valence electrons. The van der Waals surface area contributed by atoms with Crippen molar-refractivity contribution in [3.8, 4) is 0 Å². The van der Waals surface area contributed by atoms with E-state index in [4.69, 9.17) is 11.6 Å². The SMILES string of the molecule is CCC[C@@H](NC(=O)c1cscn1)c1cnc(Nc2ccc(C)nc2)c(Cl)c1. The standard InChI is InChI=1S/C19H20ClN5OS/c1-3-4-16(25-19(26)17-10-27-11-23-17)13-7-15(20)18(22-8-13)24-14-6-5-12(2)21-9-14/h5-11,16H,3-4H2,1-2H3,(H,22,24)(H,25,26)/t16-/m1/s1. The fourth-order valence-electron chi connectivity index (χ4n) is 2.58. The minimum Gasteiger partial charge on any atom is -0.344 e. The molecule has 1 amide bonds. The van der Waals surface area contributed by atoms with Gasteiger partial charge in [0.05, 0.1) is 28.5 Å². The quantitative estimate of drug-likeness (QED) is 0.588. The van der Waals surface area contributed by atoms with Gasteiger partial charge in [-0.05, 0) is 37.1 Å². The average molecular weight is 402 g/mol. The van der Waals surface area contributed by atoms with Crippen LogP contribution in [-0.2, 0) is 0 Å². The summed E-state index contributed by atoms with van der Waals surface area (Å²) in [6.07, 6.45) is 5.16. The molecule has 0 bridgehead atoms. The number of hydrogen-bond donors (Lipinski definition) is 2. The molecule has 0 spiro atoms. The first-order chi connectivity index (χ1) is 13.1. The molecule has 27 heavy (non-hydrogen) atoms. The van der Waals surface area contributed by atoms with E-state index in [0.29, 0.717) is 16.5 Å². The summed E-state index contributed by atoms with van der Waals surface area (Å²) in [4.78, 5) is 25.1. The van der Waals surface area contributed by atoms with Crippen LogP contribution in [0.4, 0.5) is 11.5 Å². The van der Waals surface area contributed by atoms with Crippen molar-refractivity contribution in [1.29, 1.82) is 0 Å². The normalized spacial score (nSPS) is 11.8. The van der Waals surface area contributed by atoms with E-state index in [0.717, 1.165) is 29.8 Å². The van der Waals surface area contributed by atoms with Gasteiger partial charge in [-0.3, -0.25) is 9.78 Å². The lowest BCUT2D eigenvalue weighted by atomic mass is 10.0. The first-order valence-corrected chi connectivity index (χ1v) is 9.93. The zero-order chi connectivity index (χ0) is 19.2. The Bertz CT molecular complexity index is 899. The van der Waals surface area contributed by atoms with Crippen LogP contribution in [0.1, 0.15) is 47.6 Å². The molecule has 2 N–H and O–H groups in total. The number of anilines is 2. The number of aryl methyl sites for hydroxylation is 1. The summed E-state index contributed by atoms with van der Waals surface area (Å²) >= 11 is 7.81. The maximum Gasteiger partial charge on any atom is 0.271 e. The molecule has 0 aliphatic heterocycles. The van der Waals surface area contributed by atoms with Crippen LogP contribution in [0.3, 0.4) is 0 Å². The largest absolute Gasteiger partial charge is 0.344 e. The lowest BCUT2D eigenvalue weighted by Crippen LogP contribution is -2.28. The second-order valence-corrected chi connectivity index (χ2v) is 7.23. The molecule has 3 rings (SSSR count). The number of nitrogens with one attached hydrogen (secondary N) is 2. The van der Waals surface area contributed by atoms with Crippen LogP contribution in [-0.4, -0.2) is 20.9 Å². The number of thiazole rings is 1. The van der Waals surface area contributed by atoms with Gasteiger partial charge < -0.3 is 10.6 Å². The van der Waals surface area contributed by atoms with Crippen molar-refractivity contribution in [2.45, 2.75) is 32.7 Å². The molecular formula is C19H20ClN5OS. The molecule has 0 aromatic carbocycles. The lowest BCUT2D eigenvalue weighted by Gasteiger charge is -2.19. The highest BCUT2D eigenvalue weighted by molar-refractivity contribution is 7.07. The zero-order valence-corrected chi connectivity index (χ0v) is 16.6. The number of pyridine rings is 2. The average Bonchev–Trinajstić information content (AvgIpc) is 3.20. The van der Waals surface area contributed by atoms with Gasteiger partial charge in [-0.1, -0.05) is 24.9 Å². The number of carbonyl (C=O) groups is 1. The molecule has 0 saturated carbocycles. The molecular weight excluding hydrogens is 382 g/mol. The number of carbonyl (C=O) groups excluding carboxylic acids is 1. The van der Waals surface area contributed by atoms with Crippen LogP contribution in [0, 0.1) is 6.92 Å². The van der Waals surface area contributed by atoms with Crippen molar-refractivity contribution in [3.63, 3.8) is 0 Å². The van der Waals surface area contributed by atoms with Crippen molar-refractivity contribution < 1.29 is 4.79 Å². The van der Waals surface area contributed by atoms with Crippen molar-refractivity contribution in [1.82, 2.24) is 20.3 Å². The summed E-state index contributed by atoms with van der Waals surface area (Å²) in [5, 5.41) is 8.39. The smallest absolute Gasteiger partial charge is 0.271 e. The Morgan fingerprint density at radius 3 is 2.74 bits per heavy atom. The van der Waals surface area contributed by atoms with E-state index in [1.54, 1.807) is 23.3 Å². The number of amides is 1. The lowest BCUT2D eigenvalue weighted by molar-refractivity contribution is 0.0930. The highest BCUT2D eigenvalue weighted by Crippen LogP contribution is 2.28. The van der Waals surface area contributed by atoms with E-state index >= 15 is 0 Å². The van der Waals surface area contributed by atoms with E-state index in [9.17, 15) is 4.79 Å². The first-order valence-electron chi connectivity index (χ1n) is 8.61. The molecule has 0 unspecified atom stereocenters. The molecule has 1 atom stereocenters. The van der Waals surface area contributed by atoms with Crippen molar-refractivity contribution in [2.75, 3.05) is 5.32 Å². The van der Waals surface area contributed by atoms with Gasteiger partial charge in [-0.15, -0.1) is 11.3 Å². The third-order valence-electron chi connectivity index (χ3n) is 3.99. The van der Waals surface area contributed by atoms with Gasteiger partial charge in [0.15, 0.2) is 0 Å². The Kier molecular flexibility index (Phi) is 6.36. The van der Waals surface area contributed by atoms with Gasteiger partial charge in [-0.25, -0.2) is 9.97 Å². The van der Waals surface area contributed by atoms with Gasteiger partial charge >= 0.3 is 0 Å². The van der Waals surface area contributed by atoms with Crippen molar-refractivity contribution >= 4 is 40.4 Å². The number of hydrogen-bond acceptors (Lipinski definition) is 6. The molecule has 0 aliphatic carbocycles. The van der Waals surface area contributed by atoms with Crippen LogP contribution in [0.25, 0.3) is 0 Å². The van der Waals surface area contributed by atoms with E-state index in [2.05, 4.69) is 32.5 Å². The van der Waals surface area contributed by atoms with Gasteiger partial charge in [0, 0.05) is 17.3 Å². The number of nitrogens with zero attached hydrogens (tertiary/aromatic N) is 3.